The summed E-state index contributed by atoms with van der Waals surface area (Å²) >= 11 is 1.60. The molecule has 4 rings (SSSR count). The maximum atomic E-state index is 12.6. The Balaban J connectivity index is 1.19. The second kappa shape index (κ2) is 10.4. The molecule has 2 aromatic carbocycles. The van der Waals surface area contributed by atoms with Gasteiger partial charge in [0, 0.05) is 13.0 Å². The number of rotatable bonds is 10. The second-order valence-corrected chi connectivity index (χ2v) is 8.73. The number of thiophene rings is 1. The number of carbonyl (C=O) groups is 1. The van der Waals surface area contributed by atoms with Gasteiger partial charge in [-0.3, -0.25) is 4.79 Å². The Morgan fingerprint density at radius 3 is 2.78 bits per heavy atom. The third-order valence-electron chi connectivity index (χ3n) is 5.54. The fourth-order valence-electron chi connectivity index (χ4n) is 3.59. The number of methoxy groups -OCH3 is 1. The lowest BCUT2D eigenvalue weighted by Crippen LogP contribution is -2.28. The SMILES string of the molecule is COc1ccc2cc([C@H](C)C(=O)NCCCCCc3nc(-c4cccs4)no3)ccc2c1. The molecule has 0 fully saturated rings. The molecule has 0 saturated carbocycles. The molecule has 0 saturated heterocycles. The summed E-state index contributed by atoms with van der Waals surface area (Å²) in [5.41, 5.74) is 1.01. The molecule has 4 aromatic rings. The molecule has 0 aliphatic carbocycles. The maximum absolute atomic E-state index is 12.6. The Kier molecular flexibility index (Phi) is 7.17. The molecule has 7 heteroatoms. The largest absolute Gasteiger partial charge is 0.497 e. The zero-order valence-electron chi connectivity index (χ0n) is 18.3. The molecule has 0 aliphatic rings. The van der Waals surface area contributed by atoms with Crippen molar-refractivity contribution in [3.05, 3.63) is 65.4 Å². The van der Waals surface area contributed by atoms with Crippen LogP contribution in [-0.4, -0.2) is 29.7 Å². The molecule has 0 aliphatic heterocycles. The maximum Gasteiger partial charge on any atom is 0.227 e. The van der Waals surface area contributed by atoms with Crippen molar-refractivity contribution in [3.63, 3.8) is 0 Å². The quantitative estimate of drug-likeness (QED) is 0.319. The van der Waals surface area contributed by atoms with Crippen LogP contribution in [-0.2, 0) is 11.2 Å². The fraction of sp³-hybridized carbons (Fsp3) is 0.320. The van der Waals surface area contributed by atoms with Crippen LogP contribution < -0.4 is 10.1 Å². The molecule has 32 heavy (non-hydrogen) atoms. The predicted molar refractivity (Wildman–Crippen MR) is 127 cm³/mol. The van der Waals surface area contributed by atoms with Crippen LogP contribution in [0.1, 0.15) is 43.6 Å². The van der Waals surface area contributed by atoms with E-state index in [1.54, 1.807) is 18.4 Å². The Bertz CT molecular complexity index is 1170. The zero-order valence-corrected chi connectivity index (χ0v) is 19.2. The van der Waals surface area contributed by atoms with Gasteiger partial charge in [0.25, 0.3) is 0 Å². The summed E-state index contributed by atoms with van der Waals surface area (Å²) < 4.78 is 10.6. The summed E-state index contributed by atoms with van der Waals surface area (Å²) in [6.45, 7) is 2.61. The molecule has 1 N–H and O–H groups in total. The van der Waals surface area contributed by atoms with Crippen LogP contribution in [0.15, 0.2) is 58.4 Å². The minimum absolute atomic E-state index is 0.0513. The lowest BCUT2D eigenvalue weighted by atomic mass is 9.97. The van der Waals surface area contributed by atoms with Crippen LogP contribution in [0.25, 0.3) is 21.5 Å². The molecule has 0 radical (unpaired) electrons. The summed E-state index contributed by atoms with van der Waals surface area (Å²) in [6.07, 6.45) is 3.61. The van der Waals surface area contributed by atoms with Crippen molar-refractivity contribution in [2.75, 3.05) is 13.7 Å². The molecule has 1 amide bonds. The highest BCUT2D eigenvalue weighted by Crippen LogP contribution is 2.25. The number of nitrogens with zero attached hydrogens (tertiary/aromatic N) is 2. The zero-order chi connectivity index (χ0) is 22.3. The van der Waals surface area contributed by atoms with E-state index in [2.05, 4.69) is 21.5 Å². The highest BCUT2D eigenvalue weighted by molar-refractivity contribution is 7.13. The van der Waals surface area contributed by atoms with Gasteiger partial charge in [-0.15, -0.1) is 11.3 Å². The average molecular weight is 450 g/mol. The van der Waals surface area contributed by atoms with Crippen LogP contribution >= 0.6 is 11.3 Å². The standard InChI is InChI=1S/C25H27N3O3S/c1-17(18-9-10-20-16-21(30-2)12-11-19(20)15-18)25(29)26-13-5-3-4-8-23-27-24(28-31-23)22-7-6-14-32-22/h6-7,9-12,14-17H,3-5,8,13H2,1-2H3,(H,26,29)/t17-/m0/s1. The first-order valence-electron chi connectivity index (χ1n) is 10.9. The van der Waals surface area contributed by atoms with E-state index < -0.39 is 0 Å². The van der Waals surface area contributed by atoms with Crippen molar-refractivity contribution in [1.29, 1.82) is 0 Å². The molecule has 1 atom stereocenters. The van der Waals surface area contributed by atoms with E-state index in [1.807, 2.05) is 54.8 Å². The number of amides is 1. The topological polar surface area (TPSA) is 77.2 Å². The van der Waals surface area contributed by atoms with Crippen molar-refractivity contribution >= 4 is 28.0 Å². The van der Waals surface area contributed by atoms with Gasteiger partial charge in [0.2, 0.25) is 17.6 Å². The van der Waals surface area contributed by atoms with E-state index in [9.17, 15) is 4.79 Å². The second-order valence-electron chi connectivity index (χ2n) is 7.78. The van der Waals surface area contributed by atoms with E-state index in [1.165, 1.54) is 0 Å². The Labute approximate surface area is 191 Å². The fourth-order valence-corrected chi connectivity index (χ4v) is 4.24. The van der Waals surface area contributed by atoms with E-state index in [-0.39, 0.29) is 11.8 Å². The summed E-state index contributed by atoms with van der Waals surface area (Å²) in [7, 11) is 1.66. The van der Waals surface area contributed by atoms with Crippen LogP contribution in [0, 0.1) is 0 Å². The lowest BCUT2D eigenvalue weighted by Gasteiger charge is -2.13. The Morgan fingerprint density at radius 1 is 1.12 bits per heavy atom. The average Bonchev–Trinajstić information content (AvgIpc) is 3.52. The molecule has 6 nitrogen and oxygen atoms in total. The van der Waals surface area contributed by atoms with E-state index >= 15 is 0 Å². The van der Waals surface area contributed by atoms with Gasteiger partial charge in [-0.2, -0.15) is 4.98 Å². The van der Waals surface area contributed by atoms with Crippen LogP contribution in [0.5, 0.6) is 5.75 Å². The third kappa shape index (κ3) is 5.34. The van der Waals surface area contributed by atoms with E-state index in [0.717, 1.165) is 52.6 Å². The minimum Gasteiger partial charge on any atom is -0.497 e. The first-order chi connectivity index (χ1) is 15.6. The predicted octanol–water partition coefficient (Wildman–Crippen LogP) is 5.59. The van der Waals surface area contributed by atoms with Gasteiger partial charge in [-0.1, -0.05) is 41.9 Å². The van der Waals surface area contributed by atoms with Crippen molar-refractivity contribution in [2.24, 2.45) is 0 Å². The molecule has 0 bridgehead atoms. The van der Waals surface area contributed by atoms with Gasteiger partial charge in [0.1, 0.15) is 5.75 Å². The number of benzene rings is 2. The van der Waals surface area contributed by atoms with Gasteiger partial charge >= 0.3 is 0 Å². The Hall–Kier alpha value is -3.19. The number of aromatic nitrogens is 2. The number of carbonyl (C=O) groups excluding carboxylic acids is 1. The smallest absolute Gasteiger partial charge is 0.227 e. The molecule has 2 aromatic heterocycles. The molecule has 0 unspecified atom stereocenters. The van der Waals surface area contributed by atoms with Crippen molar-refractivity contribution in [2.45, 2.75) is 38.5 Å². The number of nitrogens with one attached hydrogen (secondary N) is 1. The van der Waals surface area contributed by atoms with Crippen LogP contribution in [0.4, 0.5) is 0 Å². The van der Waals surface area contributed by atoms with Crippen LogP contribution in [0.2, 0.25) is 0 Å². The highest BCUT2D eigenvalue weighted by atomic mass is 32.1. The molecular formula is C25H27N3O3S. The van der Waals surface area contributed by atoms with Crippen molar-refractivity contribution < 1.29 is 14.1 Å². The number of fused-ring (bicyclic) bond motifs is 1. The first kappa shape index (κ1) is 22.0. The van der Waals surface area contributed by atoms with Crippen molar-refractivity contribution in [3.8, 4) is 16.5 Å². The molecule has 0 spiro atoms. The summed E-state index contributed by atoms with van der Waals surface area (Å²) in [4.78, 5) is 18.0. The summed E-state index contributed by atoms with van der Waals surface area (Å²) in [6, 6.07) is 16.1. The third-order valence-corrected chi connectivity index (χ3v) is 6.41. The molecule has 2 heterocycles. The highest BCUT2D eigenvalue weighted by Gasteiger charge is 2.15. The monoisotopic (exact) mass is 449 g/mol. The van der Waals surface area contributed by atoms with Gasteiger partial charge in [0.15, 0.2) is 0 Å². The Morgan fingerprint density at radius 2 is 1.97 bits per heavy atom. The van der Waals surface area contributed by atoms with E-state index in [0.29, 0.717) is 18.3 Å². The summed E-state index contributed by atoms with van der Waals surface area (Å²) in [5, 5.41) is 11.3. The van der Waals surface area contributed by atoms with Gasteiger partial charge in [-0.05, 0) is 59.7 Å². The molecular weight excluding hydrogens is 422 g/mol. The van der Waals surface area contributed by atoms with Crippen molar-refractivity contribution in [1.82, 2.24) is 15.5 Å². The van der Waals surface area contributed by atoms with Gasteiger partial charge in [0.05, 0.1) is 17.9 Å². The lowest BCUT2D eigenvalue weighted by molar-refractivity contribution is -0.122. The number of ether oxygens (including phenoxy) is 1. The number of unbranched alkanes of at least 4 members (excludes halogenated alkanes) is 2. The summed E-state index contributed by atoms with van der Waals surface area (Å²) in [5.74, 6) is 2.01. The number of aryl methyl sites for hydroxylation is 1. The first-order valence-corrected chi connectivity index (χ1v) is 11.7. The van der Waals surface area contributed by atoms with Gasteiger partial charge in [-0.25, -0.2) is 0 Å². The number of hydrogen-bond donors (Lipinski definition) is 1. The van der Waals surface area contributed by atoms with E-state index in [4.69, 9.17) is 9.26 Å². The molecule has 166 valence electrons. The van der Waals surface area contributed by atoms with Crippen LogP contribution in [0.3, 0.4) is 0 Å². The van der Waals surface area contributed by atoms with Gasteiger partial charge < -0.3 is 14.6 Å². The minimum atomic E-state index is -0.199. The normalized spacial score (nSPS) is 12.1. The number of hydrogen-bond acceptors (Lipinski definition) is 6.